The van der Waals surface area contributed by atoms with Gasteiger partial charge in [0.25, 0.3) is 0 Å². The molecule has 0 bridgehead atoms. The molecular formula is C15H24N4O. The number of nitrogens with two attached hydrogens (primary N) is 1. The largest absolute Gasteiger partial charge is 0.363 e. The van der Waals surface area contributed by atoms with Crippen molar-refractivity contribution in [3.63, 3.8) is 0 Å². The average Bonchev–Trinajstić information content (AvgIpc) is 2.38. The number of carbonyl (C=O) groups excluding carboxylic acids is 1. The highest BCUT2D eigenvalue weighted by molar-refractivity contribution is 5.93. The van der Waals surface area contributed by atoms with Gasteiger partial charge in [-0.15, -0.1) is 0 Å². The maximum Gasteiger partial charge on any atom is 0.229 e. The first-order chi connectivity index (χ1) is 9.40. The monoisotopic (exact) mass is 276 g/mol. The van der Waals surface area contributed by atoms with E-state index in [0.29, 0.717) is 0 Å². The number of amides is 1. The zero-order chi connectivity index (χ0) is 14.8. The quantitative estimate of drug-likeness (QED) is 0.885. The first kappa shape index (κ1) is 14.8. The van der Waals surface area contributed by atoms with Gasteiger partial charge in [-0.2, -0.15) is 0 Å². The summed E-state index contributed by atoms with van der Waals surface area (Å²) in [5.41, 5.74) is 6.64. The van der Waals surface area contributed by atoms with Crippen LogP contribution in [0.25, 0.3) is 0 Å². The van der Waals surface area contributed by atoms with E-state index in [1.54, 1.807) is 6.20 Å². The molecular weight excluding hydrogens is 252 g/mol. The smallest absolute Gasteiger partial charge is 0.229 e. The minimum absolute atomic E-state index is 0.0191. The van der Waals surface area contributed by atoms with Gasteiger partial charge >= 0.3 is 0 Å². The molecule has 1 aromatic rings. The fraction of sp³-hybridized carbons (Fsp3) is 0.600. The second-order valence-corrected chi connectivity index (χ2v) is 6.09. The molecule has 0 aliphatic heterocycles. The molecule has 5 nitrogen and oxygen atoms in total. The van der Waals surface area contributed by atoms with Crippen LogP contribution in [0.15, 0.2) is 18.3 Å². The lowest BCUT2D eigenvalue weighted by Gasteiger charge is -2.37. The van der Waals surface area contributed by atoms with E-state index in [2.05, 4.69) is 10.3 Å². The second-order valence-electron chi connectivity index (χ2n) is 6.09. The van der Waals surface area contributed by atoms with Gasteiger partial charge in [0.1, 0.15) is 5.82 Å². The molecule has 1 amide bonds. The summed E-state index contributed by atoms with van der Waals surface area (Å²) in [4.78, 5) is 18.6. The summed E-state index contributed by atoms with van der Waals surface area (Å²) >= 11 is 0. The van der Waals surface area contributed by atoms with Crippen molar-refractivity contribution in [3.8, 4) is 0 Å². The number of rotatable bonds is 3. The Balaban J connectivity index is 2.09. The van der Waals surface area contributed by atoms with Crippen LogP contribution in [0.3, 0.4) is 0 Å². The van der Waals surface area contributed by atoms with Gasteiger partial charge in [-0.3, -0.25) is 4.79 Å². The Labute approximate surface area is 120 Å². The van der Waals surface area contributed by atoms with Crippen molar-refractivity contribution in [2.75, 3.05) is 24.3 Å². The van der Waals surface area contributed by atoms with Crippen molar-refractivity contribution in [2.24, 2.45) is 11.7 Å². The van der Waals surface area contributed by atoms with E-state index in [1.807, 2.05) is 38.1 Å². The third-order valence-corrected chi connectivity index (χ3v) is 4.04. The summed E-state index contributed by atoms with van der Waals surface area (Å²) in [6, 6.07) is 3.68. The average molecular weight is 276 g/mol. The number of hydrogen-bond acceptors (Lipinski definition) is 4. The molecule has 1 aliphatic carbocycles. The number of hydrogen-bond donors (Lipinski definition) is 2. The van der Waals surface area contributed by atoms with Gasteiger partial charge in [-0.05, 0) is 25.8 Å². The maximum absolute atomic E-state index is 12.4. The van der Waals surface area contributed by atoms with Crippen molar-refractivity contribution >= 4 is 17.4 Å². The third kappa shape index (κ3) is 3.28. The molecule has 1 saturated carbocycles. The van der Waals surface area contributed by atoms with Gasteiger partial charge in [0, 0.05) is 37.6 Å². The van der Waals surface area contributed by atoms with E-state index in [9.17, 15) is 4.79 Å². The molecule has 0 saturated heterocycles. The number of carbonyl (C=O) groups is 1. The first-order valence-corrected chi connectivity index (χ1v) is 7.13. The Bertz CT molecular complexity index is 485. The van der Waals surface area contributed by atoms with Gasteiger partial charge in [-0.1, -0.05) is 12.8 Å². The Morgan fingerprint density at radius 2 is 2.25 bits per heavy atom. The Kier molecular flexibility index (Phi) is 4.28. The van der Waals surface area contributed by atoms with Gasteiger partial charge in [-0.25, -0.2) is 4.98 Å². The van der Waals surface area contributed by atoms with Crippen molar-refractivity contribution in [1.82, 2.24) is 4.98 Å². The number of aromatic nitrogens is 1. The van der Waals surface area contributed by atoms with E-state index >= 15 is 0 Å². The lowest BCUT2D eigenvalue weighted by atomic mass is 9.74. The van der Waals surface area contributed by atoms with E-state index in [0.717, 1.165) is 37.2 Å². The summed E-state index contributed by atoms with van der Waals surface area (Å²) < 4.78 is 0. The van der Waals surface area contributed by atoms with E-state index in [1.165, 1.54) is 0 Å². The topological polar surface area (TPSA) is 71.2 Å². The SMILES string of the molecule is CN(C)c1cc(NC(=O)C2CCCCC2(C)N)ccn1. The van der Waals surface area contributed by atoms with E-state index in [4.69, 9.17) is 5.73 Å². The highest BCUT2D eigenvalue weighted by Gasteiger charge is 2.37. The molecule has 0 aromatic carbocycles. The molecule has 1 heterocycles. The lowest BCUT2D eigenvalue weighted by molar-refractivity contribution is -0.122. The van der Waals surface area contributed by atoms with Crippen molar-refractivity contribution in [1.29, 1.82) is 0 Å². The molecule has 2 rings (SSSR count). The molecule has 0 radical (unpaired) electrons. The highest BCUT2D eigenvalue weighted by atomic mass is 16.1. The molecule has 2 unspecified atom stereocenters. The van der Waals surface area contributed by atoms with Crippen molar-refractivity contribution in [3.05, 3.63) is 18.3 Å². The van der Waals surface area contributed by atoms with Crippen LogP contribution in [0.5, 0.6) is 0 Å². The van der Waals surface area contributed by atoms with Crippen LogP contribution >= 0.6 is 0 Å². The third-order valence-electron chi connectivity index (χ3n) is 4.04. The van der Waals surface area contributed by atoms with Crippen LogP contribution < -0.4 is 16.0 Å². The Morgan fingerprint density at radius 3 is 2.90 bits per heavy atom. The summed E-state index contributed by atoms with van der Waals surface area (Å²) in [6.07, 6.45) is 5.66. The van der Waals surface area contributed by atoms with E-state index in [-0.39, 0.29) is 11.8 Å². The van der Waals surface area contributed by atoms with Gasteiger partial charge in [0.2, 0.25) is 5.91 Å². The van der Waals surface area contributed by atoms with Gasteiger partial charge in [0.15, 0.2) is 0 Å². The molecule has 110 valence electrons. The predicted molar refractivity (Wildman–Crippen MR) is 81.7 cm³/mol. The number of anilines is 2. The van der Waals surface area contributed by atoms with Crippen LogP contribution in [0.4, 0.5) is 11.5 Å². The standard InChI is InChI=1S/C15H24N4O/c1-15(16)8-5-4-6-12(15)14(20)18-11-7-9-17-13(10-11)19(2)3/h7,9-10,12H,4-6,8,16H2,1-3H3,(H,17,18,20). The number of nitrogens with zero attached hydrogens (tertiary/aromatic N) is 2. The second kappa shape index (κ2) is 5.79. The van der Waals surface area contributed by atoms with Crippen molar-refractivity contribution < 1.29 is 4.79 Å². The molecule has 3 N–H and O–H groups in total. The molecule has 20 heavy (non-hydrogen) atoms. The highest BCUT2D eigenvalue weighted by Crippen LogP contribution is 2.32. The van der Waals surface area contributed by atoms with Crippen LogP contribution in [0, 0.1) is 5.92 Å². The summed E-state index contributed by atoms with van der Waals surface area (Å²) in [5, 5.41) is 2.98. The molecule has 2 atom stereocenters. The van der Waals surface area contributed by atoms with Crippen LogP contribution in [-0.2, 0) is 4.79 Å². The fourth-order valence-electron chi connectivity index (χ4n) is 2.76. The molecule has 0 spiro atoms. The van der Waals surface area contributed by atoms with Crippen LogP contribution in [0.1, 0.15) is 32.6 Å². The maximum atomic E-state index is 12.4. The normalized spacial score (nSPS) is 26.1. The molecule has 1 aliphatic rings. The van der Waals surface area contributed by atoms with Gasteiger partial charge < -0.3 is 16.0 Å². The summed E-state index contributed by atoms with van der Waals surface area (Å²) in [6.45, 7) is 1.98. The lowest BCUT2D eigenvalue weighted by Crippen LogP contribution is -2.51. The number of pyridine rings is 1. The Hall–Kier alpha value is -1.62. The van der Waals surface area contributed by atoms with Gasteiger partial charge in [0.05, 0.1) is 5.92 Å². The zero-order valence-electron chi connectivity index (χ0n) is 12.5. The molecule has 1 fully saturated rings. The Morgan fingerprint density at radius 1 is 1.50 bits per heavy atom. The minimum atomic E-state index is -0.403. The summed E-state index contributed by atoms with van der Waals surface area (Å²) in [5.74, 6) is 0.722. The van der Waals surface area contributed by atoms with E-state index < -0.39 is 5.54 Å². The summed E-state index contributed by atoms with van der Waals surface area (Å²) in [7, 11) is 3.85. The van der Waals surface area contributed by atoms with Crippen LogP contribution in [0.2, 0.25) is 0 Å². The first-order valence-electron chi connectivity index (χ1n) is 7.13. The predicted octanol–water partition coefficient (Wildman–Crippen LogP) is 1.99. The zero-order valence-corrected chi connectivity index (χ0v) is 12.5. The van der Waals surface area contributed by atoms with Crippen molar-refractivity contribution in [2.45, 2.75) is 38.1 Å². The number of nitrogens with one attached hydrogen (secondary N) is 1. The fourth-order valence-corrected chi connectivity index (χ4v) is 2.76. The molecule has 1 aromatic heterocycles. The minimum Gasteiger partial charge on any atom is -0.363 e. The van der Waals surface area contributed by atoms with Crippen LogP contribution in [-0.4, -0.2) is 30.5 Å². The molecule has 5 heteroatoms.